The van der Waals surface area contributed by atoms with Crippen LogP contribution in [0.2, 0.25) is 0 Å². The minimum absolute atomic E-state index is 0.0953. The molecule has 14 heavy (non-hydrogen) atoms. The highest BCUT2D eigenvalue weighted by atomic mass is 19.1. The van der Waals surface area contributed by atoms with Crippen molar-refractivity contribution in [2.45, 2.75) is 6.92 Å². The molecule has 0 saturated heterocycles. The minimum atomic E-state index is -0.315. The van der Waals surface area contributed by atoms with Gasteiger partial charge in [0.25, 0.3) is 0 Å². The first-order valence-corrected chi connectivity index (χ1v) is 4.39. The van der Waals surface area contributed by atoms with Crippen molar-refractivity contribution in [3.05, 3.63) is 30.1 Å². The van der Waals surface area contributed by atoms with Crippen molar-refractivity contribution in [2.75, 3.05) is 18.0 Å². The van der Waals surface area contributed by atoms with Crippen LogP contribution in [0.25, 0.3) is 0 Å². The van der Waals surface area contributed by atoms with Crippen LogP contribution in [0.1, 0.15) is 6.92 Å². The summed E-state index contributed by atoms with van der Waals surface area (Å²) in [5, 5.41) is 0. The van der Waals surface area contributed by atoms with Gasteiger partial charge in [0.05, 0.1) is 0 Å². The van der Waals surface area contributed by atoms with Gasteiger partial charge in [-0.3, -0.25) is 4.79 Å². The number of benzene rings is 1. The molecule has 3 nitrogen and oxygen atoms in total. The van der Waals surface area contributed by atoms with Crippen LogP contribution in [0.5, 0.6) is 0 Å². The van der Waals surface area contributed by atoms with Gasteiger partial charge in [0.15, 0.2) is 0 Å². The summed E-state index contributed by atoms with van der Waals surface area (Å²) in [6.07, 6.45) is 0. The molecule has 4 heteroatoms. The van der Waals surface area contributed by atoms with Crippen LogP contribution in [0.15, 0.2) is 24.3 Å². The van der Waals surface area contributed by atoms with Gasteiger partial charge in [0.1, 0.15) is 5.82 Å². The van der Waals surface area contributed by atoms with E-state index in [9.17, 15) is 9.18 Å². The van der Waals surface area contributed by atoms with Crippen LogP contribution >= 0.6 is 0 Å². The number of halogens is 1. The van der Waals surface area contributed by atoms with Crippen molar-refractivity contribution in [2.24, 2.45) is 5.73 Å². The van der Waals surface area contributed by atoms with Crippen LogP contribution in [0.4, 0.5) is 10.1 Å². The molecular weight excluding hydrogens is 183 g/mol. The molecular formula is C10H13FN2O. The van der Waals surface area contributed by atoms with Crippen molar-refractivity contribution in [3.8, 4) is 0 Å². The van der Waals surface area contributed by atoms with E-state index in [2.05, 4.69) is 0 Å². The SMILES string of the molecule is CC(=O)N(CCN)c1ccc(F)cc1. The lowest BCUT2D eigenvalue weighted by Crippen LogP contribution is -2.33. The number of hydrogen-bond acceptors (Lipinski definition) is 2. The zero-order valence-electron chi connectivity index (χ0n) is 8.03. The van der Waals surface area contributed by atoms with E-state index in [1.165, 1.54) is 24.0 Å². The molecule has 0 radical (unpaired) electrons. The summed E-state index contributed by atoms with van der Waals surface area (Å²) in [6, 6.07) is 5.77. The fourth-order valence-electron chi connectivity index (χ4n) is 1.22. The Bertz CT molecular complexity index is 310. The Morgan fingerprint density at radius 2 is 2.00 bits per heavy atom. The molecule has 1 rings (SSSR count). The van der Waals surface area contributed by atoms with Crippen LogP contribution in [-0.2, 0) is 4.79 Å². The number of hydrogen-bond donors (Lipinski definition) is 1. The van der Waals surface area contributed by atoms with E-state index in [0.717, 1.165) is 0 Å². The number of nitrogens with zero attached hydrogens (tertiary/aromatic N) is 1. The van der Waals surface area contributed by atoms with Crippen molar-refractivity contribution in [1.82, 2.24) is 0 Å². The highest BCUT2D eigenvalue weighted by Crippen LogP contribution is 2.14. The average Bonchev–Trinajstić information content (AvgIpc) is 2.15. The summed E-state index contributed by atoms with van der Waals surface area (Å²) >= 11 is 0. The lowest BCUT2D eigenvalue weighted by Gasteiger charge is -2.19. The zero-order valence-corrected chi connectivity index (χ0v) is 8.03. The predicted molar refractivity (Wildman–Crippen MR) is 53.5 cm³/mol. The van der Waals surface area contributed by atoms with E-state index in [1.807, 2.05) is 0 Å². The average molecular weight is 196 g/mol. The summed E-state index contributed by atoms with van der Waals surface area (Å²) in [5.41, 5.74) is 6.04. The molecule has 0 aliphatic heterocycles. The van der Waals surface area contributed by atoms with Gasteiger partial charge < -0.3 is 10.6 Å². The standard InChI is InChI=1S/C10H13FN2O/c1-8(14)13(7-6-12)10-4-2-9(11)3-5-10/h2-5H,6-7,12H2,1H3. The lowest BCUT2D eigenvalue weighted by molar-refractivity contribution is -0.116. The van der Waals surface area contributed by atoms with Crippen LogP contribution < -0.4 is 10.6 Å². The van der Waals surface area contributed by atoms with Gasteiger partial charge in [0.2, 0.25) is 5.91 Å². The van der Waals surface area contributed by atoms with Crippen molar-refractivity contribution < 1.29 is 9.18 Å². The largest absolute Gasteiger partial charge is 0.329 e. The highest BCUT2D eigenvalue weighted by Gasteiger charge is 2.09. The zero-order chi connectivity index (χ0) is 10.6. The Morgan fingerprint density at radius 1 is 1.43 bits per heavy atom. The smallest absolute Gasteiger partial charge is 0.223 e. The third-order valence-corrected chi connectivity index (χ3v) is 1.87. The van der Waals surface area contributed by atoms with Gasteiger partial charge in [-0.2, -0.15) is 0 Å². The van der Waals surface area contributed by atoms with Crippen molar-refractivity contribution in [3.63, 3.8) is 0 Å². The highest BCUT2D eigenvalue weighted by molar-refractivity contribution is 5.91. The van der Waals surface area contributed by atoms with Crippen molar-refractivity contribution >= 4 is 11.6 Å². The van der Waals surface area contributed by atoms with E-state index < -0.39 is 0 Å². The second kappa shape index (κ2) is 4.72. The first kappa shape index (κ1) is 10.7. The molecule has 1 aromatic carbocycles. The fourth-order valence-corrected chi connectivity index (χ4v) is 1.22. The Balaban J connectivity index is 2.87. The number of nitrogens with two attached hydrogens (primary N) is 1. The number of amides is 1. The molecule has 2 N–H and O–H groups in total. The molecule has 1 aromatic rings. The molecule has 0 unspecified atom stereocenters. The fraction of sp³-hybridized carbons (Fsp3) is 0.300. The molecule has 0 aliphatic rings. The summed E-state index contributed by atoms with van der Waals surface area (Å²) in [6.45, 7) is 2.29. The minimum Gasteiger partial charge on any atom is -0.329 e. The molecule has 0 saturated carbocycles. The third kappa shape index (κ3) is 2.53. The Hall–Kier alpha value is -1.42. The predicted octanol–water partition coefficient (Wildman–Crippen LogP) is 1.14. The monoisotopic (exact) mass is 196 g/mol. The van der Waals surface area contributed by atoms with E-state index in [4.69, 9.17) is 5.73 Å². The molecule has 0 aromatic heterocycles. The van der Waals surface area contributed by atoms with Gasteiger partial charge >= 0.3 is 0 Å². The van der Waals surface area contributed by atoms with Gasteiger partial charge in [-0.25, -0.2) is 4.39 Å². The molecule has 0 aliphatic carbocycles. The topological polar surface area (TPSA) is 46.3 Å². The first-order chi connectivity index (χ1) is 6.65. The molecule has 0 fully saturated rings. The van der Waals surface area contributed by atoms with E-state index in [-0.39, 0.29) is 11.7 Å². The summed E-state index contributed by atoms with van der Waals surface area (Å²) < 4.78 is 12.6. The maximum atomic E-state index is 12.6. The van der Waals surface area contributed by atoms with Gasteiger partial charge in [-0.1, -0.05) is 0 Å². The first-order valence-electron chi connectivity index (χ1n) is 4.39. The van der Waals surface area contributed by atoms with Gasteiger partial charge in [0, 0.05) is 25.7 Å². The second-order valence-electron chi connectivity index (χ2n) is 2.94. The van der Waals surface area contributed by atoms with E-state index >= 15 is 0 Å². The number of rotatable bonds is 3. The maximum absolute atomic E-state index is 12.6. The molecule has 0 atom stereocenters. The lowest BCUT2D eigenvalue weighted by atomic mass is 10.2. The molecule has 0 bridgehead atoms. The molecule has 0 spiro atoms. The second-order valence-corrected chi connectivity index (χ2v) is 2.94. The van der Waals surface area contributed by atoms with Gasteiger partial charge in [-0.05, 0) is 24.3 Å². The third-order valence-electron chi connectivity index (χ3n) is 1.87. The Kier molecular flexibility index (Phi) is 3.59. The maximum Gasteiger partial charge on any atom is 0.223 e. The van der Waals surface area contributed by atoms with Crippen LogP contribution in [0, 0.1) is 5.82 Å². The van der Waals surface area contributed by atoms with Crippen LogP contribution in [-0.4, -0.2) is 19.0 Å². The van der Waals surface area contributed by atoms with Crippen LogP contribution in [0.3, 0.4) is 0 Å². The molecule has 0 heterocycles. The quantitative estimate of drug-likeness (QED) is 0.787. The molecule has 1 amide bonds. The van der Waals surface area contributed by atoms with E-state index in [0.29, 0.717) is 18.8 Å². The Morgan fingerprint density at radius 3 is 2.43 bits per heavy atom. The Labute approximate surface area is 82.3 Å². The van der Waals surface area contributed by atoms with Crippen molar-refractivity contribution in [1.29, 1.82) is 0 Å². The summed E-state index contributed by atoms with van der Waals surface area (Å²) in [4.78, 5) is 12.7. The normalized spacial score (nSPS) is 9.93. The number of carbonyl (C=O) groups is 1. The van der Waals surface area contributed by atoms with E-state index in [1.54, 1.807) is 12.1 Å². The number of carbonyl (C=O) groups excluding carboxylic acids is 1. The number of anilines is 1. The molecule has 76 valence electrons. The van der Waals surface area contributed by atoms with Gasteiger partial charge in [-0.15, -0.1) is 0 Å². The summed E-state index contributed by atoms with van der Waals surface area (Å²) in [5.74, 6) is -0.410. The summed E-state index contributed by atoms with van der Waals surface area (Å²) in [7, 11) is 0.